The summed E-state index contributed by atoms with van der Waals surface area (Å²) >= 11 is 0. The van der Waals surface area contributed by atoms with Crippen LogP contribution in [0.1, 0.15) is 16.8 Å². The topological polar surface area (TPSA) is 26.5 Å². The molecule has 2 heterocycles. The van der Waals surface area contributed by atoms with Gasteiger partial charge in [-0.05, 0) is 24.6 Å². The summed E-state index contributed by atoms with van der Waals surface area (Å²) < 4.78 is 7.22. The molecule has 0 aliphatic carbocycles. The number of rotatable bonds is 3. The largest absolute Gasteiger partial charge is 0.495 e. The van der Waals surface area contributed by atoms with Gasteiger partial charge in [-0.25, -0.2) is 4.98 Å². The average molecular weight is 252 g/mol. The molecule has 3 nitrogen and oxygen atoms in total. The van der Waals surface area contributed by atoms with Gasteiger partial charge in [-0.1, -0.05) is 29.8 Å². The van der Waals surface area contributed by atoms with Gasteiger partial charge in [-0.15, -0.1) is 0 Å². The zero-order valence-corrected chi connectivity index (χ0v) is 11.1. The molecule has 0 radical (unpaired) electrons. The minimum atomic E-state index is 0.840. The molecule has 0 amide bonds. The van der Waals surface area contributed by atoms with Crippen molar-refractivity contribution in [2.45, 2.75) is 13.3 Å². The van der Waals surface area contributed by atoms with Crippen LogP contribution in [0.2, 0.25) is 0 Å². The summed E-state index contributed by atoms with van der Waals surface area (Å²) in [4.78, 5) is 4.62. The van der Waals surface area contributed by atoms with E-state index in [9.17, 15) is 0 Å². The van der Waals surface area contributed by atoms with Crippen molar-refractivity contribution >= 4 is 5.65 Å². The van der Waals surface area contributed by atoms with E-state index in [0.717, 1.165) is 23.5 Å². The van der Waals surface area contributed by atoms with Gasteiger partial charge < -0.3 is 9.14 Å². The van der Waals surface area contributed by atoms with Crippen molar-refractivity contribution in [3.8, 4) is 5.75 Å². The number of imidazole rings is 1. The average Bonchev–Trinajstić information content (AvgIpc) is 2.79. The molecule has 0 bridgehead atoms. The lowest BCUT2D eigenvalue weighted by Gasteiger charge is -1.99. The van der Waals surface area contributed by atoms with Gasteiger partial charge in [0.15, 0.2) is 0 Å². The molecular formula is C16H16N2O. The number of fused-ring (bicyclic) bond motifs is 1. The predicted octanol–water partition coefficient (Wildman–Crippen LogP) is 3.24. The Kier molecular flexibility index (Phi) is 2.95. The quantitative estimate of drug-likeness (QED) is 0.715. The molecular weight excluding hydrogens is 236 g/mol. The highest BCUT2D eigenvalue weighted by molar-refractivity contribution is 5.43. The normalized spacial score (nSPS) is 10.8. The van der Waals surface area contributed by atoms with Crippen LogP contribution in [0, 0.1) is 6.92 Å². The van der Waals surface area contributed by atoms with Gasteiger partial charge in [-0.3, -0.25) is 0 Å². The van der Waals surface area contributed by atoms with Gasteiger partial charge in [-0.2, -0.15) is 0 Å². The number of aryl methyl sites for hydroxylation is 1. The van der Waals surface area contributed by atoms with Gasteiger partial charge in [0.1, 0.15) is 11.4 Å². The molecule has 0 aliphatic rings. The van der Waals surface area contributed by atoms with Crippen LogP contribution in [0.15, 0.2) is 48.8 Å². The molecule has 0 aliphatic heterocycles. The molecule has 0 saturated heterocycles. The van der Waals surface area contributed by atoms with Gasteiger partial charge in [0, 0.05) is 12.6 Å². The van der Waals surface area contributed by atoms with Crippen molar-refractivity contribution in [1.82, 2.24) is 9.38 Å². The van der Waals surface area contributed by atoms with Crippen molar-refractivity contribution in [2.75, 3.05) is 7.11 Å². The fourth-order valence-corrected chi connectivity index (χ4v) is 2.26. The van der Waals surface area contributed by atoms with Crippen LogP contribution >= 0.6 is 0 Å². The first kappa shape index (κ1) is 11.8. The van der Waals surface area contributed by atoms with E-state index >= 15 is 0 Å². The molecule has 0 unspecified atom stereocenters. The van der Waals surface area contributed by atoms with Crippen LogP contribution in [0.4, 0.5) is 0 Å². The standard InChI is InChI=1S/C16H16N2O/c1-12-4-3-5-13(8-12)9-14-10-18-11-15(19-2)6-7-16(18)17-14/h3-8,10-11H,9H2,1-2H3. The van der Waals surface area contributed by atoms with Crippen LogP contribution in [-0.2, 0) is 6.42 Å². The van der Waals surface area contributed by atoms with Crippen LogP contribution < -0.4 is 4.74 Å². The highest BCUT2D eigenvalue weighted by Gasteiger charge is 2.04. The number of aromatic nitrogens is 2. The molecule has 0 fully saturated rings. The van der Waals surface area contributed by atoms with Crippen molar-refractivity contribution in [2.24, 2.45) is 0 Å². The Bertz CT molecular complexity index is 716. The van der Waals surface area contributed by atoms with Crippen molar-refractivity contribution < 1.29 is 4.74 Å². The zero-order chi connectivity index (χ0) is 13.2. The van der Waals surface area contributed by atoms with Crippen molar-refractivity contribution in [3.05, 3.63) is 65.6 Å². The molecule has 19 heavy (non-hydrogen) atoms. The van der Waals surface area contributed by atoms with E-state index in [1.807, 2.05) is 22.7 Å². The smallest absolute Gasteiger partial charge is 0.137 e. The fraction of sp³-hybridized carbons (Fsp3) is 0.188. The highest BCUT2D eigenvalue weighted by atomic mass is 16.5. The third kappa shape index (κ3) is 2.45. The second-order valence-electron chi connectivity index (χ2n) is 4.73. The van der Waals surface area contributed by atoms with E-state index in [2.05, 4.69) is 42.4 Å². The Balaban J connectivity index is 1.93. The van der Waals surface area contributed by atoms with E-state index in [1.54, 1.807) is 7.11 Å². The molecule has 0 atom stereocenters. The number of pyridine rings is 1. The Morgan fingerprint density at radius 3 is 2.84 bits per heavy atom. The summed E-state index contributed by atoms with van der Waals surface area (Å²) in [5, 5.41) is 0. The molecule has 3 heteroatoms. The monoisotopic (exact) mass is 252 g/mol. The third-order valence-electron chi connectivity index (χ3n) is 3.18. The second-order valence-corrected chi connectivity index (χ2v) is 4.73. The second kappa shape index (κ2) is 4.76. The molecule has 2 aromatic heterocycles. The van der Waals surface area contributed by atoms with E-state index in [0.29, 0.717) is 0 Å². The van der Waals surface area contributed by atoms with Gasteiger partial charge >= 0.3 is 0 Å². The first-order valence-electron chi connectivity index (χ1n) is 6.32. The van der Waals surface area contributed by atoms with Gasteiger partial charge in [0.2, 0.25) is 0 Å². The molecule has 3 rings (SSSR count). The Morgan fingerprint density at radius 1 is 1.16 bits per heavy atom. The predicted molar refractivity (Wildman–Crippen MR) is 75.7 cm³/mol. The summed E-state index contributed by atoms with van der Waals surface area (Å²) in [6.45, 7) is 2.11. The first-order valence-corrected chi connectivity index (χ1v) is 6.32. The first-order chi connectivity index (χ1) is 9.24. The van der Waals surface area contributed by atoms with Gasteiger partial charge in [0.05, 0.1) is 19.0 Å². The molecule has 0 N–H and O–H groups in total. The molecule has 0 saturated carbocycles. The van der Waals surface area contributed by atoms with Crippen molar-refractivity contribution in [3.63, 3.8) is 0 Å². The summed E-state index contributed by atoms with van der Waals surface area (Å²) in [5.41, 5.74) is 4.58. The van der Waals surface area contributed by atoms with E-state index in [1.165, 1.54) is 11.1 Å². The summed E-state index contributed by atoms with van der Waals surface area (Å²) in [5.74, 6) is 0.840. The number of benzene rings is 1. The molecule has 0 spiro atoms. The van der Waals surface area contributed by atoms with E-state index < -0.39 is 0 Å². The summed E-state index contributed by atoms with van der Waals surface area (Å²) in [6.07, 6.45) is 4.86. The Morgan fingerprint density at radius 2 is 2.05 bits per heavy atom. The minimum Gasteiger partial charge on any atom is -0.495 e. The van der Waals surface area contributed by atoms with Crippen LogP contribution in [0.5, 0.6) is 5.75 Å². The van der Waals surface area contributed by atoms with E-state index in [4.69, 9.17) is 4.74 Å². The lowest BCUT2D eigenvalue weighted by atomic mass is 10.1. The van der Waals surface area contributed by atoms with Crippen LogP contribution in [-0.4, -0.2) is 16.5 Å². The molecule has 96 valence electrons. The maximum Gasteiger partial charge on any atom is 0.137 e. The SMILES string of the molecule is COc1ccc2nc(Cc3cccc(C)c3)cn2c1. The zero-order valence-electron chi connectivity index (χ0n) is 11.1. The molecule has 1 aromatic carbocycles. The van der Waals surface area contributed by atoms with Gasteiger partial charge in [0.25, 0.3) is 0 Å². The molecule has 3 aromatic rings. The van der Waals surface area contributed by atoms with Crippen LogP contribution in [0.3, 0.4) is 0 Å². The lowest BCUT2D eigenvalue weighted by molar-refractivity contribution is 0.412. The minimum absolute atomic E-state index is 0.840. The summed E-state index contributed by atoms with van der Waals surface area (Å²) in [7, 11) is 1.67. The Hall–Kier alpha value is -2.29. The number of hydrogen-bond donors (Lipinski definition) is 0. The third-order valence-corrected chi connectivity index (χ3v) is 3.18. The van der Waals surface area contributed by atoms with Crippen LogP contribution in [0.25, 0.3) is 5.65 Å². The highest BCUT2D eigenvalue weighted by Crippen LogP contribution is 2.15. The number of ether oxygens (including phenoxy) is 1. The number of methoxy groups -OCH3 is 1. The lowest BCUT2D eigenvalue weighted by Crippen LogP contribution is -1.88. The number of nitrogens with zero attached hydrogens (tertiary/aromatic N) is 2. The van der Waals surface area contributed by atoms with Crippen molar-refractivity contribution in [1.29, 1.82) is 0 Å². The summed E-state index contributed by atoms with van der Waals surface area (Å²) in [6, 6.07) is 12.4. The number of hydrogen-bond acceptors (Lipinski definition) is 2. The maximum absolute atomic E-state index is 5.22. The maximum atomic E-state index is 5.22. The fourth-order valence-electron chi connectivity index (χ4n) is 2.26. The Labute approximate surface area is 112 Å². The van der Waals surface area contributed by atoms with E-state index in [-0.39, 0.29) is 0 Å².